The molecule has 1 heterocycles. The summed E-state index contributed by atoms with van der Waals surface area (Å²) in [5.41, 5.74) is 1.69. The van der Waals surface area contributed by atoms with E-state index in [0.29, 0.717) is 12.1 Å². The van der Waals surface area contributed by atoms with Crippen molar-refractivity contribution in [3.63, 3.8) is 0 Å². The number of nitrogens with zero attached hydrogens (tertiary/aromatic N) is 1. The Hall–Kier alpha value is -1.79. The zero-order valence-electron chi connectivity index (χ0n) is 13.4. The molecule has 0 aliphatic rings. The van der Waals surface area contributed by atoms with Crippen molar-refractivity contribution in [2.45, 2.75) is 39.2 Å². The van der Waals surface area contributed by atoms with Crippen molar-refractivity contribution in [3.8, 4) is 0 Å². The highest BCUT2D eigenvalue weighted by Gasteiger charge is 2.09. The molecule has 1 amide bonds. The highest BCUT2D eigenvalue weighted by atomic mass is 32.1. The fraction of sp³-hybridized carbons (Fsp3) is 0.412. The molecule has 124 valence electrons. The molecule has 23 heavy (non-hydrogen) atoms. The molecule has 2 aromatic rings. The second-order valence-corrected chi connectivity index (χ2v) is 6.54. The van der Waals surface area contributed by atoms with E-state index < -0.39 is 0 Å². The van der Waals surface area contributed by atoms with Gasteiger partial charge in [0.15, 0.2) is 0 Å². The molecule has 1 aromatic carbocycles. The van der Waals surface area contributed by atoms with Gasteiger partial charge in [0.25, 0.3) is 0 Å². The van der Waals surface area contributed by atoms with Crippen molar-refractivity contribution in [1.29, 1.82) is 0 Å². The van der Waals surface area contributed by atoms with Crippen LogP contribution in [0.2, 0.25) is 0 Å². The van der Waals surface area contributed by atoms with Gasteiger partial charge in [0.1, 0.15) is 5.82 Å². The number of aryl methyl sites for hydroxylation is 2. The summed E-state index contributed by atoms with van der Waals surface area (Å²) in [7, 11) is 0. The number of halogens is 1. The Bertz CT molecular complexity index is 627. The first kappa shape index (κ1) is 17.6. The summed E-state index contributed by atoms with van der Waals surface area (Å²) in [5, 5.41) is 9.33. The smallest absolute Gasteiger partial charge is 0.225 e. The van der Waals surface area contributed by atoms with Gasteiger partial charge in [-0.3, -0.25) is 4.79 Å². The zero-order chi connectivity index (χ0) is 16.7. The van der Waals surface area contributed by atoms with E-state index in [-0.39, 0.29) is 17.8 Å². The predicted molar refractivity (Wildman–Crippen MR) is 92.3 cm³/mol. The standard InChI is InChI=1S/C17H22FN3OS/c1-12(19-9-3-4-17-20-13(2)11-23-17)10-16(22)21-15-7-5-14(18)6-8-15/h5-8,11-12,19H,3-4,9-10H2,1-2H3,(H,21,22). The Morgan fingerprint density at radius 1 is 1.35 bits per heavy atom. The van der Waals surface area contributed by atoms with Gasteiger partial charge in [-0.15, -0.1) is 11.3 Å². The molecule has 0 aliphatic carbocycles. The first-order valence-electron chi connectivity index (χ1n) is 7.73. The molecule has 1 aromatic heterocycles. The van der Waals surface area contributed by atoms with E-state index in [4.69, 9.17) is 0 Å². The molecule has 6 heteroatoms. The number of carbonyl (C=O) groups is 1. The van der Waals surface area contributed by atoms with Gasteiger partial charge >= 0.3 is 0 Å². The van der Waals surface area contributed by atoms with Crippen LogP contribution in [0.3, 0.4) is 0 Å². The van der Waals surface area contributed by atoms with Gasteiger partial charge in [0, 0.05) is 35.6 Å². The van der Waals surface area contributed by atoms with E-state index >= 15 is 0 Å². The third-order valence-electron chi connectivity index (χ3n) is 3.35. The number of aromatic nitrogens is 1. The number of carbonyl (C=O) groups excluding carboxylic acids is 1. The summed E-state index contributed by atoms with van der Waals surface area (Å²) in [6.07, 6.45) is 2.34. The molecular formula is C17H22FN3OS. The van der Waals surface area contributed by atoms with Crippen LogP contribution in [0.5, 0.6) is 0 Å². The van der Waals surface area contributed by atoms with Crippen LogP contribution in [-0.4, -0.2) is 23.5 Å². The Morgan fingerprint density at radius 3 is 2.74 bits per heavy atom. The summed E-state index contributed by atoms with van der Waals surface area (Å²) >= 11 is 1.69. The molecule has 0 radical (unpaired) electrons. The van der Waals surface area contributed by atoms with E-state index in [9.17, 15) is 9.18 Å². The summed E-state index contributed by atoms with van der Waals surface area (Å²) in [6.45, 7) is 4.83. The topological polar surface area (TPSA) is 54.0 Å². The predicted octanol–water partition coefficient (Wildman–Crippen LogP) is 3.53. The van der Waals surface area contributed by atoms with Gasteiger partial charge in [-0.2, -0.15) is 0 Å². The van der Waals surface area contributed by atoms with Gasteiger partial charge < -0.3 is 10.6 Å². The lowest BCUT2D eigenvalue weighted by Gasteiger charge is -2.13. The van der Waals surface area contributed by atoms with Crippen molar-refractivity contribution in [3.05, 3.63) is 46.2 Å². The molecule has 0 saturated carbocycles. The third kappa shape index (κ3) is 6.46. The molecule has 1 unspecified atom stereocenters. The molecular weight excluding hydrogens is 313 g/mol. The van der Waals surface area contributed by atoms with Crippen LogP contribution in [0, 0.1) is 12.7 Å². The molecule has 2 rings (SSSR count). The molecule has 1 atom stereocenters. The van der Waals surface area contributed by atoms with E-state index in [1.54, 1.807) is 23.5 Å². The summed E-state index contributed by atoms with van der Waals surface area (Å²) < 4.78 is 12.8. The van der Waals surface area contributed by atoms with Crippen LogP contribution < -0.4 is 10.6 Å². The lowest BCUT2D eigenvalue weighted by atomic mass is 10.2. The molecule has 2 N–H and O–H groups in total. The largest absolute Gasteiger partial charge is 0.326 e. The summed E-state index contributed by atoms with van der Waals surface area (Å²) in [4.78, 5) is 16.3. The third-order valence-corrected chi connectivity index (χ3v) is 4.37. The average molecular weight is 335 g/mol. The van der Waals surface area contributed by atoms with Gasteiger partial charge in [-0.05, 0) is 51.1 Å². The van der Waals surface area contributed by atoms with Crippen LogP contribution >= 0.6 is 11.3 Å². The Balaban J connectivity index is 1.62. The van der Waals surface area contributed by atoms with Crippen LogP contribution in [0.4, 0.5) is 10.1 Å². The van der Waals surface area contributed by atoms with Crippen molar-refractivity contribution in [2.24, 2.45) is 0 Å². The molecule has 0 aliphatic heterocycles. The Kier molecular flexibility index (Phi) is 6.67. The number of hydrogen-bond acceptors (Lipinski definition) is 4. The highest BCUT2D eigenvalue weighted by Crippen LogP contribution is 2.11. The molecule has 4 nitrogen and oxygen atoms in total. The Morgan fingerprint density at radius 2 is 2.09 bits per heavy atom. The van der Waals surface area contributed by atoms with Gasteiger partial charge in [-0.1, -0.05) is 0 Å². The lowest BCUT2D eigenvalue weighted by Crippen LogP contribution is -2.31. The maximum absolute atomic E-state index is 12.8. The fourth-order valence-corrected chi connectivity index (χ4v) is 3.02. The van der Waals surface area contributed by atoms with Gasteiger partial charge in [0.2, 0.25) is 5.91 Å². The number of amides is 1. The lowest BCUT2D eigenvalue weighted by molar-refractivity contribution is -0.116. The number of nitrogens with one attached hydrogen (secondary N) is 2. The van der Waals surface area contributed by atoms with E-state index in [2.05, 4.69) is 21.0 Å². The van der Waals surface area contributed by atoms with Crippen LogP contribution in [0.25, 0.3) is 0 Å². The van der Waals surface area contributed by atoms with E-state index in [0.717, 1.165) is 30.1 Å². The fourth-order valence-electron chi connectivity index (χ4n) is 2.20. The van der Waals surface area contributed by atoms with Gasteiger partial charge in [0.05, 0.1) is 5.01 Å². The molecule has 0 bridgehead atoms. The minimum absolute atomic E-state index is 0.0767. The first-order valence-corrected chi connectivity index (χ1v) is 8.60. The number of thiazole rings is 1. The minimum atomic E-state index is -0.312. The average Bonchev–Trinajstić information content (AvgIpc) is 2.91. The van der Waals surface area contributed by atoms with Crippen molar-refractivity contribution in [2.75, 3.05) is 11.9 Å². The highest BCUT2D eigenvalue weighted by molar-refractivity contribution is 7.09. The van der Waals surface area contributed by atoms with Crippen molar-refractivity contribution < 1.29 is 9.18 Å². The first-order chi connectivity index (χ1) is 11.0. The van der Waals surface area contributed by atoms with Crippen molar-refractivity contribution >= 4 is 22.9 Å². The maximum atomic E-state index is 12.8. The number of benzene rings is 1. The molecule has 0 spiro atoms. The van der Waals surface area contributed by atoms with Crippen LogP contribution in [0.1, 0.15) is 30.5 Å². The maximum Gasteiger partial charge on any atom is 0.225 e. The monoisotopic (exact) mass is 335 g/mol. The summed E-state index contributed by atoms with van der Waals surface area (Å²) in [5.74, 6) is -0.388. The SMILES string of the molecule is Cc1csc(CCCNC(C)CC(=O)Nc2ccc(F)cc2)n1. The second-order valence-electron chi connectivity index (χ2n) is 5.60. The summed E-state index contributed by atoms with van der Waals surface area (Å²) in [6, 6.07) is 5.87. The van der Waals surface area contributed by atoms with Crippen molar-refractivity contribution in [1.82, 2.24) is 10.3 Å². The number of hydrogen-bond donors (Lipinski definition) is 2. The number of anilines is 1. The molecule has 0 fully saturated rings. The van der Waals surface area contributed by atoms with Gasteiger partial charge in [-0.25, -0.2) is 9.37 Å². The minimum Gasteiger partial charge on any atom is -0.326 e. The van der Waals surface area contributed by atoms with Crippen LogP contribution in [-0.2, 0) is 11.2 Å². The Labute approximate surface area is 140 Å². The normalized spacial score (nSPS) is 12.1. The quantitative estimate of drug-likeness (QED) is 0.726. The van der Waals surface area contributed by atoms with E-state index in [1.165, 1.54) is 12.1 Å². The second kappa shape index (κ2) is 8.74. The zero-order valence-corrected chi connectivity index (χ0v) is 14.3. The number of rotatable bonds is 8. The van der Waals surface area contributed by atoms with E-state index in [1.807, 2.05) is 13.8 Å². The van der Waals surface area contributed by atoms with Crippen LogP contribution in [0.15, 0.2) is 29.6 Å². The molecule has 0 saturated heterocycles.